The highest BCUT2D eigenvalue weighted by molar-refractivity contribution is 5.78. The number of nitriles is 1. The molecule has 1 aliphatic heterocycles. The molecule has 0 unspecified atom stereocenters. The maximum atomic E-state index is 12.1. The fourth-order valence-corrected chi connectivity index (χ4v) is 2.17. The van der Waals surface area contributed by atoms with E-state index in [1.807, 2.05) is 11.8 Å². The van der Waals surface area contributed by atoms with Gasteiger partial charge >= 0.3 is 0 Å². The predicted molar refractivity (Wildman–Crippen MR) is 67.4 cm³/mol. The van der Waals surface area contributed by atoms with Crippen LogP contribution in [0.15, 0.2) is 0 Å². The third-order valence-electron chi connectivity index (χ3n) is 3.30. The van der Waals surface area contributed by atoms with Crippen LogP contribution in [0.5, 0.6) is 0 Å². The van der Waals surface area contributed by atoms with Gasteiger partial charge in [-0.3, -0.25) is 9.69 Å². The average Bonchev–Trinajstić information content (AvgIpc) is 2.63. The van der Waals surface area contributed by atoms with Crippen molar-refractivity contribution in [2.24, 2.45) is 0 Å². The first-order valence-corrected chi connectivity index (χ1v) is 6.65. The molecular formula is C13H23N3O. The molecule has 1 aliphatic rings. The van der Waals surface area contributed by atoms with Crippen LogP contribution in [0.1, 0.15) is 39.0 Å². The summed E-state index contributed by atoms with van der Waals surface area (Å²) in [5.74, 6) is 0.228. The summed E-state index contributed by atoms with van der Waals surface area (Å²) in [6, 6.07) is 2.13. The summed E-state index contributed by atoms with van der Waals surface area (Å²) in [5.41, 5.74) is 0. The summed E-state index contributed by atoms with van der Waals surface area (Å²) < 4.78 is 0. The summed E-state index contributed by atoms with van der Waals surface area (Å²) in [6.07, 6.45) is 5.26. The Morgan fingerprint density at radius 3 is 2.47 bits per heavy atom. The van der Waals surface area contributed by atoms with E-state index in [0.29, 0.717) is 19.5 Å². The summed E-state index contributed by atoms with van der Waals surface area (Å²) >= 11 is 0. The lowest BCUT2D eigenvalue weighted by atomic mass is 10.2. The number of carbonyl (C=O) groups excluding carboxylic acids is 1. The van der Waals surface area contributed by atoms with Gasteiger partial charge in [0.25, 0.3) is 0 Å². The van der Waals surface area contributed by atoms with E-state index >= 15 is 0 Å². The fourth-order valence-electron chi connectivity index (χ4n) is 2.17. The Balaban J connectivity index is 2.37. The normalized spacial score (nSPS) is 16.6. The molecule has 4 nitrogen and oxygen atoms in total. The van der Waals surface area contributed by atoms with Crippen LogP contribution in [0, 0.1) is 11.3 Å². The topological polar surface area (TPSA) is 47.3 Å². The number of rotatable bonds is 5. The molecule has 0 aromatic heterocycles. The van der Waals surface area contributed by atoms with E-state index in [4.69, 9.17) is 5.26 Å². The smallest absolute Gasteiger partial charge is 0.236 e. The van der Waals surface area contributed by atoms with Gasteiger partial charge in [-0.2, -0.15) is 5.26 Å². The number of nitrogens with zero attached hydrogens (tertiary/aromatic N) is 3. The molecule has 0 aromatic carbocycles. The van der Waals surface area contributed by atoms with Crippen LogP contribution in [-0.4, -0.2) is 48.4 Å². The van der Waals surface area contributed by atoms with Gasteiger partial charge in [-0.15, -0.1) is 0 Å². The zero-order valence-corrected chi connectivity index (χ0v) is 10.8. The van der Waals surface area contributed by atoms with E-state index in [-0.39, 0.29) is 5.91 Å². The van der Waals surface area contributed by atoms with E-state index in [2.05, 4.69) is 11.0 Å². The van der Waals surface area contributed by atoms with Crippen LogP contribution < -0.4 is 0 Å². The molecule has 1 amide bonds. The van der Waals surface area contributed by atoms with E-state index in [9.17, 15) is 4.79 Å². The Bertz CT molecular complexity index is 264. The van der Waals surface area contributed by atoms with Gasteiger partial charge in [0.2, 0.25) is 5.91 Å². The van der Waals surface area contributed by atoms with E-state index < -0.39 is 0 Å². The molecule has 0 atom stereocenters. The zero-order valence-electron chi connectivity index (χ0n) is 10.8. The first-order valence-electron chi connectivity index (χ1n) is 6.65. The van der Waals surface area contributed by atoms with E-state index in [1.165, 1.54) is 12.8 Å². The third-order valence-corrected chi connectivity index (χ3v) is 3.30. The molecule has 0 saturated carbocycles. The highest BCUT2D eigenvalue weighted by Gasteiger charge is 2.17. The van der Waals surface area contributed by atoms with Gasteiger partial charge in [0.1, 0.15) is 0 Å². The SMILES string of the molecule is CCN(CCC#N)CC(=O)N1CCCCCC1. The quantitative estimate of drug-likeness (QED) is 0.730. The largest absolute Gasteiger partial charge is 0.342 e. The fraction of sp³-hybridized carbons (Fsp3) is 0.846. The molecule has 17 heavy (non-hydrogen) atoms. The summed E-state index contributed by atoms with van der Waals surface area (Å²) in [5, 5.41) is 8.56. The van der Waals surface area contributed by atoms with Crippen molar-refractivity contribution < 1.29 is 4.79 Å². The number of likely N-dealkylation sites (N-methyl/N-ethyl adjacent to an activating group) is 1. The number of carbonyl (C=O) groups is 1. The molecule has 96 valence electrons. The molecular weight excluding hydrogens is 214 g/mol. The molecule has 0 radical (unpaired) electrons. The minimum absolute atomic E-state index is 0.228. The molecule has 1 heterocycles. The lowest BCUT2D eigenvalue weighted by Crippen LogP contribution is -2.41. The molecule has 0 aromatic rings. The van der Waals surface area contributed by atoms with Gasteiger partial charge in [0, 0.05) is 26.1 Å². The first kappa shape index (κ1) is 14.0. The van der Waals surface area contributed by atoms with Gasteiger partial charge in [-0.1, -0.05) is 19.8 Å². The Morgan fingerprint density at radius 2 is 1.94 bits per heavy atom. The Kier molecular flexibility index (Phi) is 6.64. The standard InChI is InChI=1S/C13H23N3O/c1-2-15(9-7-8-14)12-13(17)16-10-5-3-4-6-11-16/h2-7,9-12H2,1H3. The van der Waals surface area contributed by atoms with Crippen molar-refractivity contribution in [3.05, 3.63) is 0 Å². The van der Waals surface area contributed by atoms with Crippen LogP contribution in [0.2, 0.25) is 0 Å². The van der Waals surface area contributed by atoms with Crippen LogP contribution in [0.3, 0.4) is 0 Å². The minimum atomic E-state index is 0.228. The average molecular weight is 237 g/mol. The molecule has 0 aliphatic carbocycles. The molecule has 0 N–H and O–H groups in total. The lowest BCUT2D eigenvalue weighted by molar-refractivity contribution is -0.132. The maximum absolute atomic E-state index is 12.1. The first-order chi connectivity index (χ1) is 8.27. The maximum Gasteiger partial charge on any atom is 0.236 e. The van der Waals surface area contributed by atoms with Gasteiger partial charge in [0.05, 0.1) is 12.6 Å². The number of amides is 1. The highest BCUT2D eigenvalue weighted by atomic mass is 16.2. The van der Waals surface area contributed by atoms with Crippen molar-refractivity contribution in [1.29, 1.82) is 5.26 Å². The number of likely N-dealkylation sites (tertiary alicyclic amines) is 1. The van der Waals surface area contributed by atoms with Crippen LogP contribution in [0.4, 0.5) is 0 Å². The number of hydrogen-bond donors (Lipinski definition) is 0. The third kappa shape index (κ3) is 5.18. The second-order valence-corrected chi connectivity index (χ2v) is 4.57. The molecule has 0 bridgehead atoms. The van der Waals surface area contributed by atoms with Crippen molar-refractivity contribution in [3.63, 3.8) is 0 Å². The van der Waals surface area contributed by atoms with Crippen molar-refractivity contribution in [1.82, 2.24) is 9.80 Å². The van der Waals surface area contributed by atoms with Gasteiger partial charge < -0.3 is 4.90 Å². The van der Waals surface area contributed by atoms with E-state index in [0.717, 1.165) is 32.5 Å². The Hall–Kier alpha value is -1.08. The van der Waals surface area contributed by atoms with Gasteiger partial charge in [-0.25, -0.2) is 0 Å². The Morgan fingerprint density at radius 1 is 1.29 bits per heavy atom. The van der Waals surface area contributed by atoms with Crippen molar-refractivity contribution >= 4 is 5.91 Å². The van der Waals surface area contributed by atoms with Crippen molar-refractivity contribution in [3.8, 4) is 6.07 Å². The van der Waals surface area contributed by atoms with Gasteiger partial charge in [0.15, 0.2) is 0 Å². The van der Waals surface area contributed by atoms with Crippen LogP contribution >= 0.6 is 0 Å². The Labute approximate surface area is 104 Å². The molecule has 1 fully saturated rings. The molecule has 0 spiro atoms. The summed E-state index contributed by atoms with van der Waals surface area (Å²) in [4.78, 5) is 16.1. The molecule has 4 heteroatoms. The lowest BCUT2D eigenvalue weighted by Gasteiger charge is -2.25. The minimum Gasteiger partial charge on any atom is -0.342 e. The molecule has 1 rings (SSSR count). The van der Waals surface area contributed by atoms with Gasteiger partial charge in [-0.05, 0) is 19.4 Å². The highest BCUT2D eigenvalue weighted by Crippen LogP contribution is 2.10. The predicted octanol–water partition coefficient (Wildman–Crippen LogP) is 1.62. The van der Waals surface area contributed by atoms with Crippen LogP contribution in [-0.2, 0) is 4.79 Å². The molecule has 1 saturated heterocycles. The summed E-state index contributed by atoms with van der Waals surface area (Å²) in [6.45, 7) is 5.86. The second-order valence-electron chi connectivity index (χ2n) is 4.57. The van der Waals surface area contributed by atoms with Crippen molar-refractivity contribution in [2.75, 3.05) is 32.7 Å². The summed E-state index contributed by atoms with van der Waals surface area (Å²) in [7, 11) is 0. The second kappa shape index (κ2) is 8.08. The zero-order chi connectivity index (χ0) is 12.5. The van der Waals surface area contributed by atoms with E-state index in [1.54, 1.807) is 0 Å². The van der Waals surface area contributed by atoms with Crippen molar-refractivity contribution in [2.45, 2.75) is 39.0 Å². The van der Waals surface area contributed by atoms with Crippen LogP contribution in [0.25, 0.3) is 0 Å². The monoisotopic (exact) mass is 237 g/mol. The number of hydrogen-bond acceptors (Lipinski definition) is 3.